The lowest BCUT2D eigenvalue weighted by atomic mass is 9.93. The van der Waals surface area contributed by atoms with Gasteiger partial charge in [-0.2, -0.15) is 0 Å². The molecule has 2 aromatic rings. The Bertz CT molecular complexity index is 1080. The Balaban J connectivity index is 1.73. The van der Waals surface area contributed by atoms with Gasteiger partial charge in [-0.3, -0.25) is 4.79 Å². The summed E-state index contributed by atoms with van der Waals surface area (Å²) in [6.45, 7) is 1.45. The van der Waals surface area contributed by atoms with E-state index in [0.717, 1.165) is 43.7 Å². The number of nitrogens with zero attached hydrogens (tertiary/aromatic N) is 1. The molecule has 1 saturated carbocycles. The van der Waals surface area contributed by atoms with Gasteiger partial charge in [0, 0.05) is 12.6 Å². The van der Waals surface area contributed by atoms with Gasteiger partial charge in [-0.25, -0.2) is 22.7 Å². The molecule has 0 heterocycles. The second-order valence-electron chi connectivity index (χ2n) is 8.04. The van der Waals surface area contributed by atoms with Gasteiger partial charge in [-0.05, 0) is 55.2 Å². The molecule has 0 unspecified atom stereocenters. The van der Waals surface area contributed by atoms with Crippen LogP contribution >= 0.6 is 0 Å². The largest absolute Gasteiger partial charge is 0.452 e. The lowest BCUT2D eigenvalue weighted by Crippen LogP contribution is -2.43. The van der Waals surface area contributed by atoms with Crippen LogP contribution in [0.3, 0.4) is 0 Å². The third-order valence-corrected chi connectivity index (χ3v) is 6.60. The fourth-order valence-electron chi connectivity index (χ4n) is 3.89. The molecule has 1 aliphatic carbocycles. The number of esters is 1. The van der Waals surface area contributed by atoms with Crippen molar-refractivity contribution in [1.82, 2.24) is 4.90 Å². The van der Waals surface area contributed by atoms with Crippen LogP contribution in [0.5, 0.6) is 0 Å². The number of halogens is 1. The van der Waals surface area contributed by atoms with Crippen molar-refractivity contribution < 1.29 is 27.1 Å². The molecule has 2 aromatic carbocycles. The number of hydrogen-bond donors (Lipinski definition) is 1. The van der Waals surface area contributed by atoms with E-state index in [-0.39, 0.29) is 28.2 Å². The Morgan fingerprint density at radius 3 is 2.38 bits per heavy atom. The van der Waals surface area contributed by atoms with Crippen LogP contribution in [0.2, 0.25) is 0 Å². The Labute approximate surface area is 187 Å². The summed E-state index contributed by atoms with van der Waals surface area (Å²) in [5.74, 6) is -1.50. The summed E-state index contributed by atoms with van der Waals surface area (Å²) in [7, 11) is -3.98. The summed E-state index contributed by atoms with van der Waals surface area (Å²) in [4.78, 5) is 27.1. The predicted octanol–water partition coefficient (Wildman–Crippen LogP) is 3.30. The fourth-order valence-corrected chi connectivity index (χ4v) is 4.43. The first-order chi connectivity index (χ1) is 15.1. The molecule has 0 radical (unpaired) electrons. The van der Waals surface area contributed by atoms with Gasteiger partial charge in [0.25, 0.3) is 5.91 Å². The number of carbonyl (C=O) groups is 2. The zero-order chi connectivity index (χ0) is 23.3. The second kappa shape index (κ2) is 10.2. The minimum Gasteiger partial charge on any atom is -0.452 e. The number of amides is 1. The monoisotopic (exact) mass is 462 g/mol. The van der Waals surface area contributed by atoms with Gasteiger partial charge in [0.1, 0.15) is 5.82 Å². The van der Waals surface area contributed by atoms with E-state index in [1.165, 1.54) is 24.3 Å². The molecule has 0 bridgehead atoms. The van der Waals surface area contributed by atoms with Crippen LogP contribution in [0.4, 0.5) is 4.39 Å². The average molecular weight is 463 g/mol. The Morgan fingerprint density at radius 1 is 1.09 bits per heavy atom. The molecule has 0 aliphatic heterocycles. The summed E-state index contributed by atoms with van der Waals surface area (Å²) in [5, 5.41) is 5.14. The molecule has 0 spiro atoms. The molecule has 3 rings (SSSR count). The van der Waals surface area contributed by atoms with Crippen LogP contribution in [-0.4, -0.2) is 37.8 Å². The Kier molecular flexibility index (Phi) is 7.63. The van der Waals surface area contributed by atoms with E-state index in [1.54, 1.807) is 24.0 Å². The topological polar surface area (TPSA) is 107 Å². The molecule has 7 nitrogen and oxygen atoms in total. The number of aryl methyl sites for hydroxylation is 1. The van der Waals surface area contributed by atoms with Crippen molar-refractivity contribution in [3.8, 4) is 0 Å². The zero-order valence-corrected chi connectivity index (χ0v) is 18.7. The normalized spacial score (nSPS) is 14.7. The number of hydrogen-bond acceptors (Lipinski definition) is 5. The second-order valence-corrected chi connectivity index (χ2v) is 9.60. The Morgan fingerprint density at radius 2 is 1.75 bits per heavy atom. The van der Waals surface area contributed by atoms with Crippen molar-refractivity contribution in [2.75, 3.05) is 6.61 Å². The van der Waals surface area contributed by atoms with Crippen molar-refractivity contribution in [3.05, 3.63) is 65.0 Å². The van der Waals surface area contributed by atoms with E-state index in [2.05, 4.69) is 0 Å². The van der Waals surface area contributed by atoms with Gasteiger partial charge in [0.2, 0.25) is 10.0 Å². The molecule has 1 amide bonds. The molecular formula is C23H27FN2O5S. The number of primary sulfonamides is 1. The van der Waals surface area contributed by atoms with E-state index in [9.17, 15) is 22.4 Å². The fraction of sp³-hybridized carbons (Fsp3) is 0.391. The number of nitrogens with two attached hydrogens (primary N) is 1. The highest BCUT2D eigenvalue weighted by Gasteiger charge is 2.27. The van der Waals surface area contributed by atoms with Crippen LogP contribution in [0, 0.1) is 12.7 Å². The van der Waals surface area contributed by atoms with Gasteiger partial charge in [-0.1, -0.05) is 37.5 Å². The van der Waals surface area contributed by atoms with Gasteiger partial charge in [-0.15, -0.1) is 0 Å². The maximum absolute atomic E-state index is 13.3. The molecular weight excluding hydrogens is 435 g/mol. The number of benzene rings is 2. The van der Waals surface area contributed by atoms with Crippen LogP contribution in [0.1, 0.15) is 53.6 Å². The minimum absolute atomic E-state index is 0.0208. The average Bonchev–Trinajstić information content (AvgIpc) is 2.77. The highest BCUT2D eigenvalue weighted by Crippen LogP contribution is 2.25. The number of ether oxygens (including phenoxy) is 1. The molecule has 2 N–H and O–H groups in total. The van der Waals surface area contributed by atoms with Crippen LogP contribution in [0.15, 0.2) is 47.4 Å². The van der Waals surface area contributed by atoms with E-state index >= 15 is 0 Å². The van der Waals surface area contributed by atoms with E-state index in [1.807, 2.05) is 0 Å². The van der Waals surface area contributed by atoms with Crippen molar-refractivity contribution >= 4 is 21.9 Å². The highest BCUT2D eigenvalue weighted by atomic mass is 32.2. The van der Waals surface area contributed by atoms with E-state index < -0.39 is 22.6 Å². The van der Waals surface area contributed by atoms with E-state index in [4.69, 9.17) is 9.88 Å². The molecule has 1 aliphatic rings. The van der Waals surface area contributed by atoms with E-state index in [0.29, 0.717) is 12.1 Å². The maximum atomic E-state index is 13.3. The maximum Gasteiger partial charge on any atom is 0.338 e. The summed E-state index contributed by atoms with van der Waals surface area (Å²) in [6.07, 6.45) is 4.85. The van der Waals surface area contributed by atoms with Crippen molar-refractivity contribution in [2.45, 2.75) is 56.5 Å². The molecule has 0 saturated heterocycles. The lowest BCUT2D eigenvalue weighted by Gasteiger charge is -2.34. The first kappa shape index (κ1) is 23.9. The van der Waals surface area contributed by atoms with Gasteiger partial charge in [0.05, 0.1) is 10.5 Å². The highest BCUT2D eigenvalue weighted by molar-refractivity contribution is 7.89. The SMILES string of the molecule is Cc1ccc(S(N)(=O)=O)cc1C(=O)OCC(=O)N(Cc1ccc(F)cc1)C1CCCCC1. The minimum atomic E-state index is -3.98. The van der Waals surface area contributed by atoms with Crippen molar-refractivity contribution in [3.63, 3.8) is 0 Å². The summed E-state index contributed by atoms with van der Waals surface area (Å²) in [6, 6.07) is 9.89. The van der Waals surface area contributed by atoms with Crippen LogP contribution in [-0.2, 0) is 26.1 Å². The molecule has 1 fully saturated rings. The first-order valence-electron chi connectivity index (χ1n) is 10.5. The molecule has 0 atom stereocenters. The summed E-state index contributed by atoms with van der Waals surface area (Å²) in [5.41, 5.74) is 1.32. The van der Waals surface area contributed by atoms with Crippen LogP contribution in [0.25, 0.3) is 0 Å². The predicted molar refractivity (Wildman–Crippen MR) is 117 cm³/mol. The van der Waals surface area contributed by atoms with Gasteiger partial charge in [0.15, 0.2) is 6.61 Å². The third kappa shape index (κ3) is 6.14. The lowest BCUT2D eigenvalue weighted by molar-refractivity contribution is -0.138. The molecule has 9 heteroatoms. The molecule has 172 valence electrons. The first-order valence-corrected chi connectivity index (χ1v) is 12.0. The number of rotatable bonds is 7. The third-order valence-electron chi connectivity index (χ3n) is 5.69. The zero-order valence-electron chi connectivity index (χ0n) is 17.9. The molecule has 32 heavy (non-hydrogen) atoms. The number of sulfonamides is 1. The Hall–Kier alpha value is -2.78. The van der Waals surface area contributed by atoms with Crippen molar-refractivity contribution in [2.24, 2.45) is 5.14 Å². The quantitative estimate of drug-likeness (QED) is 0.636. The number of carbonyl (C=O) groups excluding carboxylic acids is 2. The van der Waals surface area contributed by atoms with Crippen molar-refractivity contribution in [1.29, 1.82) is 0 Å². The van der Waals surface area contributed by atoms with Gasteiger partial charge < -0.3 is 9.64 Å². The summed E-state index contributed by atoms with van der Waals surface area (Å²) < 4.78 is 41.7. The molecule has 0 aromatic heterocycles. The smallest absolute Gasteiger partial charge is 0.338 e. The van der Waals surface area contributed by atoms with Gasteiger partial charge >= 0.3 is 5.97 Å². The standard InChI is InChI=1S/C23H27FN2O5S/c1-16-7-12-20(32(25,29)30)13-21(16)23(28)31-15-22(27)26(19-5-3-2-4-6-19)14-17-8-10-18(24)11-9-17/h7-13,19H,2-6,14-15H2,1H3,(H2,25,29,30). The summed E-state index contributed by atoms with van der Waals surface area (Å²) >= 11 is 0. The van der Waals surface area contributed by atoms with Crippen LogP contribution < -0.4 is 5.14 Å².